The maximum Gasteiger partial charge on any atom is 0.374 e. The molecule has 8 heteroatoms. The molecule has 0 saturated carbocycles. The van der Waals surface area contributed by atoms with Gasteiger partial charge in [0.15, 0.2) is 0 Å². The lowest BCUT2D eigenvalue weighted by molar-refractivity contribution is -0.386. The van der Waals surface area contributed by atoms with Gasteiger partial charge in [-0.2, -0.15) is 0 Å². The Balaban J connectivity index is 0.00000254. The molecule has 1 rings (SSSR count). The smallest absolute Gasteiger partial charge is 0.374 e. The molecule has 0 radical (unpaired) electrons. The summed E-state index contributed by atoms with van der Waals surface area (Å²) < 4.78 is 9.52. The highest BCUT2D eigenvalue weighted by Gasteiger charge is 2.29. The molecule has 0 spiro atoms. The molecule has 0 saturated heterocycles. The van der Waals surface area contributed by atoms with Crippen LogP contribution in [0.3, 0.4) is 0 Å². The second kappa shape index (κ2) is 11.1. The highest BCUT2D eigenvalue weighted by Crippen LogP contribution is 2.32. The highest BCUT2D eigenvalue weighted by atomic mass is 16.6. The van der Waals surface area contributed by atoms with Crippen molar-refractivity contribution in [3.8, 4) is 5.88 Å². The predicted octanol–water partition coefficient (Wildman–Crippen LogP) is 2.65. The maximum atomic E-state index is 11.9. The number of aryl methyl sites for hydroxylation is 1. The summed E-state index contributed by atoms with van der Waals surface area (Å²) in [6.07, 6.45) is 2.24. The summed E-state index contributed by atoms with van der Waals surface area (Å²) in [5.41, 5.74) is 0.315. The van der Waals surface area contributed by atoms with Crippen LogP contribution >= 0.6 is 0 Å². The summed E-state index contributed by atoms with van der Waals surface area (Å²) in [6, 6.07) is 0. The molecule has 1 aromatic rings. The molecule has 1 aromatic heterocycles. The van der Waals surface area contributed by atoms with Gasteiger partial charge in [0.05, 0.1) is 25.1 Å². The number of nitro groups is 1. The largest absolute Gasteiger partial charge is 0.476 e. The monoisotopic (exact) mass is 340 g/mol. The lowest BCUT2D eigenvalue weighted by Gasteiger charge is -2.10. The zero-order chi connectivity index (χ0) is 18.7. The summed E-state index contributed by atoms with van der Waals surface area (Å²) >= 11 is 0. The van der Waals surface area contributed by atoms with Crippen molar-refractivity contribution in [1.82, 2.24) is 4.98 Å². The number of hydrogen-bond acceptors (Lipinski definition) is 7. The Bertz CT molecular complexity index is 586. The molecule has 0 fully saturated rings. The summed E-state index contributed by atoms with van der Waals surface area (Å²) in [6.45, 7) is 7.53. The molecule has 0 unspecified atom stereocenters. The molecule has 0 aliphatic rings. The van der Waals surface area contributed by atoms with E-state index in [1.807, 2.05) is 20.8 Å². The number of rotatable bonds is 8. The van der Waals surface area contributed by atoms with Crippen LogP contribution in [0.4, 0.5) is 5.69 Å². The zero-order valence-electron chi connectivity index (χ0n) is 14.7. The van der Waals surface area contributed by atoms with Crippen LogP contribution in [0.1, 0.15) is 45.2 Å². The fourth-order valence-corrected chi connectivity index (χ4v) is 2.02. The van der Waals surface area contributed by atoms with Gasteiger partial charge in [-0.1, -0.05) is 27.2 Å². The fraction of sp³-hybridized carbons (Fsp3) is 0.562. The fourth-order valence-electron chi connectivity index (χ4n) is 2.02. The third-order valence-corrected chi connectivity index (χ3v) is 2.95. The first-order valence-electron chi connectivity index (χ1n) is 7.85. The number of hydrogen-bond donors (Lipinski definition) is 0. The molecule has 24 heavy (non-hydrogen) atoms. The molecule has 0 N–H and O–H groups in total. The van der Waals surface area contributed by atoms with Gasteiger partial charge in [-0.25, -0.2) is 9.78 Å². The third-order valence-electron chi connectivity index (χ3n) is 2.95. The number of aromatic nitrogens is 1. The van der Waals surface area contributed by atoms with Crippen molar-refractivity contribution in [2.75, 3.05) is 13.7 Å². The van der Waals surface area contributed by atoms with Crippen LogP contribution in [0.15, 0.2) is 6.20 Å². The van der Waals surface area contributed by atoms with Crippen LogP contribution in [0.5, 0.6) is 5.88 Å². The van der Waals surface area contributed by atoms with E-state index in [0.717, 1.165) is 0 Å². The second-order valence-electron chi connectivity index (χ2n) is 4.45. The van der Waals surface area contributed by atoms with E-state index < -0.39 is 23.1 Å². The van der Waals surface area contributed by atoms with E-state index in [0.29, 0.717) is 18.4 Å². The molecule has 0 aliphatic carbocycles. The van der Waals surface area contributed by atoms with Gasteiger partial charge in [0.1, 0.15) is 0 Å². The minimum atomic E-state index is -1.00. The lowest BCUT2D eigenvalue weighted by atomic mass is 9.99. The standard InChI is InChI=1S/C14H18N2O6.C2H6/c1-4-6-9-8-15-13(21-3)12(16(19)20)10(9)7-11(17)14(18)22-5-2;1-2/h8H,4-7H2,1-3H3;1-2H3. The first kappa shape index (κ1) is 21.5. The average molecular weight is 340 g/mol. The van der Waals surface area contributed by atoms with Crippen LogP contribution in [0.2, 0.25) is 0 Å². The average Bonchev–Trinajstić information content (AvgIpc) is 2.57. The van der Waals surface area contributed by atoms with Gasteiger partial charge in [0.25, 0.3) is 5.88 Å². The summed E-state index contributed by atoms with van der Waals surface area (Å²) in [5.74, 6) is -2.03. The van der Waals surface area contributed by atoms with E-state index in [2.05, 4.69) is 9.72 Å². The van der Waals surface area contributed by atoms with E-state index in [4.69, 9.17) is 4.74 Å². The van der Waals surface area contributed by atoms with Gasteiger partial charge >= 0.3 is 11.7 Å². The second-order valence-corrected chi connectivity index (χ2v) is 4.45. The number of carbonyl (C=O) groups excluding carboxylic acids is 2. The van der Waals surface area contributed by atoms with Gasteiger partial charge in [-0.3, -0.25) is 14.9 Å². The van der Waals surface area contributed by atoms with E-state index in [1.54, 1.807) is 6.92 Å². The van der Waals surface area contributed by atoms with Crippen LogP contribution < -0.4 is 4.74 Å². The van der Waals surface area contributed by atoms with Crippen molar-refractivity contribution >= 4 is 17.4 Å². The van der Waals surface area contributed by atoms with E-state index >= 15 is 0 Å². The van der Waals surface area contributed by atoms with Gasteiger partial charge in [0, 0.05) is 11.8 Å². The number of ether oxygens (including phenoxy) is 2. The van der Waals surface area contributed by atoms with Crippen molar-refractivity contribution < 1.29 is 24.0 Å². The Morgan fingerprint density at radius 2 is 1.92 bits per heavy atom. The van der Waals surface area contributed by atoms with E-state index in [1.165, 1.54) is 13.3 Å². The SMILES string of the molecule is CC.CCCc1cnc(OC)c([N+](=O)[O-])c1CC(=O)C(=O)OCC. The number of Topliss-reactive ketones (excluding diaryl/α,β-unsaturated/α-hetero) is 1. The Kier molecular flexibility index (Phi) is 9.93. The van der Waals surface area contributed by atoms with E-state index in [9.17, 15) is 19.7 Å². The molecule has 0 bridgehead atoms. The first-order valence-corrected chi connectivity index (χ1v) is 7.85. The third kappa shape index (κ3) is 5.60. The van der Waals surface area contributed by atoms with Crippen LogP contribution in [-0.2, 0) is 27.2 Å². The van der Waals surface area contributed by atoms with Crippen molar-refractivity contribution in [2.45, 2.75) is 47.0 Å². The molecule has 0 amide bonds. The number of esters is 1. The number of nitrogens with zero attached hydrogens (tertiary/aromatic N) is 2. The molecule has 134 valence electrons. The molecule has 0 atom stereocenters. The summed E-state index contributed by atoms with van der Waals surface area (Å²) in [7, 11) is 1.26. The Morgan fingerprint density at radius 1 is 1.29 bits per heavy atom. The predicted molar refractivity (Wildman–Crippen MR) is 88.1 cm³/mol. The van der Waals surface area contributed by atoms with Gasteiger partial charge in [-0.05, 0) is 18.9 Å². The van der Waals surface area contributed by atoms with Gasteiger partial charge in [-0.15, -0.1) is 0 Å². The van der Waals surface area contributed by atoms with Crippen LogP contribution in [0.25, 0.3) is 0 Å². The van der Waals surface area contributed by atoms with Gasteiger partial charge in [0.2, 0.25) is 5.78 Å². The lowest BCUT2D eigenvalue weighted by Crippen LogP contribution is -2.21. The van der Waals surface area contributed by atoms with Crippen molar-refractivity contribution in [3.63, 3.8) is 0 Å². The van der Waals surface area contributed by atoms with Crippen molar-refractivity contribution in [1.29, 1.82) is 0 Å². The summed E-state index contributed by atoms with van der Waals surface area (Å²) in [5, 5.41) is 11.3. The van der Waals surface area contributed by atoms with Gasteiger partial charge < -0.3 is 9.47 Å². The minimum absolute atomic E-state index is 0.0636. The van der Waals surface area contributed by atoms with Crippen molar-refractivity contribution in [2.24, 2.45) is 0 Å². The molecule has 8 nitrogen and oxygen atoms in total. The first-order chi connectivity index (χ1) is 11.5. The zero-order valence-corrected chi connectivity index (χ0v) is 14.7. The minimum Gasteiger partial charge on any atom is -0.476 e. The summed E-state index contributed by atoms with van der Waals surface area (Å²) in [4.78, 5) is 37.9. The molecule has 0 aromatic carbocycles. The molecular weight excluding hydrogens is 316 g/mol. The van der Waals surface area contributed by atoms with Crippen LogP contribution in [0, 0.1) is 10.1 Å². The number of carbonyl (C=O) groups is 2. The normalized spacial score (nSPS) is 9.54. The maximum absolute atomic E-state index is 11.9. The quantitative estimate of drug-likeness (QED) is 0.310. The Labute approximate surface area is 141 Å². The van der Waals surface area contributed by atoms with Crippen LogP contribution in [-0.4, -0.2) is 35.4 Å². The Hall–Kier alpha value is -2.51. The Morgan fingerprint density at radius 3 is 2.38 bits per heavy atom. The highest BCUT2D eigenvalue weighted by molar-refractivity contribution is 6.34. The molecule has 0 aliphatic heterocycles. The topological polar surface area (TPSA) is 109 Å². The number of pyridine rings is 1. The molecule has 1 heterocycles. The number of ketones is 1. The number of methoxy groups -OCH3 is 1. The van der Waals surface area contributed by atoms with E-state index in [-0.39, 0.29) is 23.7 Å². The van der Waals surface area contributed by atoms with Crippen molar-refractivity contribution in [3.05, 3.63) is 27.4 Å². The molecular formula is C16H24N2O6.